The van der Waals surface area contributed by atoms with Gasteiger partial charge in [0.15, 0.2) is 0 Å². The van der Waals surface area contributed by atoms with E-state index in [0.29, 0.717) is 35.7 Å². The molecule has 2 aliphatic heterocycles. The summed E-state index contributed by atoms with van der Waals surface area (Å²) in [4.78, 5) is 28.0. The molecule has 2 amide bonds. The van der Waals surface area contributed by atoms with E-state index in [2.05, 4.69) is 16.0 Å². The Hall–Kier alpha value is -2.26. The highest BCUT2D eigenvalue weighted by Crippen LogP contribution is 2.57. The molecule has 1 saturated carbocycles. The Balaban J connectivity index is 1.60. The Kier molecular flexibility index (Phi) is 7.94. The van der Waals surface area contributed by atoms with Crippen LogP contribution in [0.1, 0.15) is 69.9 Å². The number of benzene rings is 2. The standard InChI is InChI=1S/C30H35Cl2F2N3O3/c1-29(2,3)14-24-30(18-12-22(34)20(32)13-23(18)36-28(30)40)25(16-5-7-21(33)19(31)11-16)26(37-24)27(39)35-9-8-15-4-6-17(38)10-15/h5,7,11-13,15,17,24-26,37-38H,4,6,8-10,14H2,1-3H3,(H,35,39)(H,36,40)/t15-,17-,24-,25+,26-,30+/m1/s1. The smallest absolute Gasteiger partial charge is 0.237 e. The average Bonchev–Trinajstić information content (AvgIpc) is 3.51. The number of carbonyl (C=O) groups is 2. The number of hydrogen-bond acceptors (Lipinski definition) is 4. The molecule has 1 spiro atoms. The van der Waals surface area contributed by atoms with Gasteiger partial charge in [0.2, 0.25) is 11.8 Å². The fourth-order valence-corrected chi connectivity index (χ4v) is 7.31. The molecule has 0 aromatic heterocycles. The van der Waals surface area contributed by atoms with Gasteiger partial charge < -0.3 is 21.1 Å². The van der Waals surface area contributed by atoms with Gasteiger partial charge in [-0.3, -0.25) is 9.59 Å². The maximum absolute atomic E-state index is 15.0. The van der Waals surface area contributed by atoms with Gasteiger partial charge in [-0.1, -0.05) is 50.0 Å². The first-order valence-electron chi connectivity index (χ1n) is 13.8. The number of rotatable bonds is 6. The minimum Gasteiger partial charge on any atom is -0.393 e. The summed E-state index contributed by atoms with van der Waals surface area (Å²) in [5.74, 6) is -2.48. The minimum atomic E-state index is -1.40. The monoisotopic (exact) mass is 593 g/mol. The van der Waals surface area contributed by atoms with Gasteiger partial charge in [-0.25, -0.2) is 8.78 Å². The second kappa shape index (κ2) is 10.9. The molecule has 6 atom stereocenters. The summed E-state index contributed by atoms with van der Waals surface area (Å²) in [6.07, 6.45) is 3.32. The van der Waals surface area contributed by atoms with Crippen LogP contribution in [0.5, 0.6) is 0 Å². The molecule has 1 aliphatic carbocycles. The van der Waals surface area contributed by atoms with Crippen LogP contribution < -0.4 is 16.0 Å². The number of hydrogen-bond donors (Lipinski definition) is 4. The highest BCUT2D eigenvalue weighted by Gasteiger charge is 2.66. The molecule has 0 unspecified atom stereocenters. The number of carbonyl (C=O) groups excluding carboxylic acids is 2. The third kappa shape index (κ3) is 5.24. The normalized spacial score (nSPS) is 29.6. The molecule has 4 N–H and O–H groups in total. The van der Waals surface area contributed by atoms with Crippen molar-refractivity contribution in [1.29, 1.82) is 0 Å². The van der Waals surface area contributed by atoms with Gasteiger partial charge in [0.25, 0.3) is 0 Å². The highest BCUT2D eigenvalue weighted by molar-refractivity contribution is 6.31. The van der Waals surface area contributed by atoms with Crippen molar-refractivity contribution in [2.24, 2.45) is 11.3 Å². The summed E-state index contributed by atoms with van der Waals surface area (Å²) in [6, 6.07) is 5.41. The second-order valence-electron chi connectivity index (χ2n) is 12.7. The van der Waals surface area contributed by atoms with E-state index in [1.165, 1.54) is 30.3 Å². The summed E-state index contributed by atoms with van der Waals surface area (Å²) in [6.45, 7) is 6.51. The zero-order chi connectivity index (χ0) is 29.0. The maximum Gasteiger partial charge on any atom is 0.237 e. The van der Waals surface area contributed by atoms with Crippen LogP contribution in [0.2, 0.25) is 10.0 Å². The average molecular weight is 595 g/mol. The van der Waals surface area contributed by atoms with Gasteiger partial charge in [-0.15, -0.1) is 0 Å². The Labute approximate surface area is 243 Å². The molecule has 0 radical (unpaired) electrons. The Bertz CT molecular complexity index is 1330. The van der Waals surface area contributed by atoms with Gasteiger partial charge in [-0.05, 0) is 78.8 Å². The predicted octanol–water partition coefficient (Wildman–Crippen LogP) is 5.69. The lowest BCUT2D eigenvalue weighted by Gasteiger charge is -2.37. The van der Waals surface area contributed by atoms with Gasteiger partial charge in [0.1, 0.15) is 17.0 Å². The van der Waals surface area contributed by atoms with E-state index < -0.39 is 35.1 Å². The number of amides is 2. The van der Waals surface area contributed by atoms with E-state index in [4.69, 9.17) is 23.2 Å². The summed E-state index contributed by atoms with van der Waals surface area (Å²) in [5, 5.41) is 19.0. The van der Waals surface area contributed by atoms with Crippen molar-refractivity contribution in [2.45, 2.75) is 82.4 Å². The van der Waals surface area contributed by atoms with E-state index in [0.717, 1.165) is 25.7 Å². The van der Waals surface area contributed by atoms with Gasteiger partial charge in [0, 0.05) is 24.2 Å². The van der Waals surface area contributed by atoms with Crippen LogP contribution in [-0.2, 0) is 15.0 Å². The van der Waals surface area contributed by atoms with Crippen molar-refractivity contribution in [3.05, 3.63) is 63.1 Å². The molecule has 0 bridgehead atoms. The molecule has 2 aromatic carbocycles. The lowest BCUT2D eigenvalue weighted by molar-refractivity contribution is -0.123. The van der Waals surface area contributed by atoms with Crippen LogP contribution in [-0.4, -0.2) is 41.7 Å². The Morgan fingerprint density at radius 2 is 1.85 bits per heavy atom. The Morgan fingerprint density at radius 3 is 2.50 bits per heavy atom. The Morgan fingerprint density at radius 1 is 1.12 bits per heavy atom. The highest BCUT2D eigenvalue weighted by atomic mass is 35.5. The summed E-state index contributed by atoms with van der Waals surface area (Å²) in [5.41, 5.74) is -0.379. The van der Waals surface area contributed by atoms with Crippen LogP contribution in [0, 0.1) is 23.0 Å². The first-order chi connectivity index (χ1) is 18.8. The zero-order valence-electron chi connectivity index (χ0n) is 22.8. The molecule has 6 nitrogen and oxygen atoms in total. The number of aliphatic hydroxyl groups is 1. The van der Waals surface area contributed by atoms with Gasteiger partial charge in [0.05, 0.1) is 22.2 Å². The number of nitrogens with one attached hydrogen (secondary N) is 3. The summed E-state index contributed by atoms with van der Waals surface area (Å²) in [7, 11) is 0. The van der Waals surface area contributed by atoms with E-state index in [-0.39, 0.29) is 33.4 Å². The molecule has 3 aliphatic rings. The van der Waals surface area contributed by atoms with Crippen molar-refractivity contribution in [1.82, 2.24) is 10.6 Å². The first kappa shape index (κ1) is 29.2. The number of anilines is 1. The third-order valence-corrected chi connectivity index (χ3v) is 9.23. The van der Waals surface area contributed by atoms with E-state index >= 15 is 0 Å². The van der Waals surface area contributed by atoms with Crippen LogP contribution in [0.3, 0.4) is 0 Å². The van der Waals surface area contributed by atoms with Gasteiger partial charge in [-0.2, -0.15) is 0 Å². The summed E-state index contributed by atoms with van der Waals surface area (Å²) < 4.78 is 29.3. The summed E-state index contributed by atoms with van der Waals surface area (Å²) >= 11 is 12.3. The fourth-order valence-electron chi connectivity index (χ4n) is 6.96. The number of aliphatic hydroxyl groups excluding tert-OH is 1. The van der Waals surface area contributed by atoms with Crippen LogP contribution >= 0.6 is 23.2 Å². The number of halogens is 4. The lowest BCUT2D eigenvalue weighted by atomic mass is 9.62. The molecule has 40 heavy (non-hydrogen) atoms. The second-order valence-corrected chi connectivity index (χ2v) is 13.5. The van der Waals surface area contributed by atoms with Crippen LogP contribution in [0.15, 0.2) is 30.3 Å². The number of fused-ring (bicyclic) bond motifs is 2. The lowest BCUT2D eigenvalue weighted by Crippen LogP contribution is -2.49. The van der Waals surface area contributed by atoms with Crippen molar-refractivity contribution in [2.75, 3.05) is 11.9 Å². The minimum absolute atomic E-state index is 0.123. The molecule has 10 heteroatoms. The molecule has 216 valence electrons. The van der Waals surface area contributed by atoms with Crippen molar-refractivity contribution in [3.8, 4) is 0 Å². The molecule has 2 fully saturated rings. The zero-order valence-corrected chi connectivity index (χ0v) is 24.3. The largest absolute Gasteiger partial charge is 0.393 e. The third-order valence-electron chi connectivity index (χ3n) is 8.65. The van der Waals surface area contributed by atoms with Crippen molar-refractivity contribution >= 4 is 40.7 Å². The van der Waals surface area contributed by atoms with Crippen LogP contribution in [0.25, 0.3) is 0 Å². The van der Waals surface area contributed by atoms with E-state index in [1.54, 1.807) is 0 Å². The SMILES string of the molecule is CC(C)(C)C[C@H]1N[C@@H](C(=O)NCC[C@H]2CC[C@@H](O)C2)[C@H](c2ccc(F)c(Cl)c2)[C@@]12C(=O)Nc1cc(Cl)c(F)cc12. The molecule has 2 aromatic rings. The quantitative estimate of drug-likeness (QED) is 0.346. The molecule has 1 saturated heterocycles. The fraction of sp³-hybridized carbons (Fsp3) is 0.533. The van der Waals surface area contributed by atoms with E-state index in [9.17, 15) is 23.5 Å². The van der Waals surface area contributed by atoms with Gasteiger partial charge >= 0.3 is 0 Å². The first-order valence-corrected chi connectivity index (χ1v) is 14.5. The molecule has 2 heterocycles. The maximum atomic E-state index is 15.0. The van der Waals surface area contributed by atoms with E-state index in [1.807, 2.05) is 20.8 Å². The van der Waals surface area contributed by atoms with Crippen LogP contribution in [0.4, 0.5) is 14.5 Å². The van der Waals surface area contributed by atoms with Crippen molar-refractivity contribution in [3.63, 3.8) is 0 Å². The molecular weight excluding hydrogens is 559 g/mol. The molecular formula is C30H35Cl2F2N3O3. The molecule has 5 rings (SSSR count). The topological polar surface area (TPSA) is 90.5 Å². The van der Waals surface area contributed by atoms with Crippen molar-refractivity contribution < 1.29 is 23.5 Å². The predicted molar refractivity (Wildman–Crippen MR) is 152 cm³/mol.